The first-order valence-corrected chi connectivity index (χ1v) is 7.09. The Balaban J connectivity index is 2.80. The van der Waals surface area contributed by atoms with Crippen molar-refractivity contribution < 1.29 is 0 Å². The van der Waals surface area contributed by atoms with Crippen molar-refractivity contribution >= 4 is 16.6 Å². The van der Waals surface area contributed by atoms with E-state index < -0.39 is 0 Å². The van der Waals surface area contributed by atoms with Gasteiger partial charge in [-0.1, -0.05) is 19.9 Å². The maximum absolute atomic E-state index is 4.60. The summed E-state index contributed by atoms with van der Waals surface area (Å²) in [5, 5.41) is 1.15. The van der Waals surface area contributed by atoms with Crippen LogP contribution in [-0.4, -0.2) is 24.1 Å². The average molecular weight is 269 g/mol. The molecule has 1 heterocycles. The predicted molar refractivity (Wildman–Crippen MR) is 86.6 cm³/mol. The minimum absolute atomic E-state index is 0.303. The normalized spacial score (nSPS) is 12.4. The van der Waals surface area contributed by atoms with Crippen molar-refractivity contribution in [2.24, 2.45) is 0 Å². The standard InChI is InChI=1S/C17H23N3/c1-7-11(3)13-9-16-14(10-17(13)20(5)6)15(8-2)18-12(4)19-16/h7,9-11H,1,8H2,2-6H3. The molecule has 20 heavy (non-hydrogen) atoms. The lowest BCUT2D eigenvalue weighted by Gasteiger charge is -2.21. The topological polar surface area (TPSA) is 29.0 Å². The fraction of sp³-hybridized carbons (Fsp3) is 0.412. The molecule has 0 saturated heterocycles. The van der Waals surface area contributed by atoms with Crippen molar-refractivity contribution in [1.82, 2.24) is 9.97 Å². The third-order valence-corrected chi connectivity index (χ3v) is 3.70. The minimum atomic E-state index is 0.303. The molecular formula is C17H23N3. The molecule has 0 saturated carbocycles. The SMILES string of the molecule is C=CC(C)c1cc2nc(C)nc(CC)c2cc1N(C)C. The number of hydrogen-bond donors (Lipinski definition) is 0. The molecule has 0 N–H and O–H groups in total. The predicted octanol–water partition coefficient (Wildman–Crippen LogP) is 3.86. The molecule has 0 bridgehead atoms. The Hall–Kier alpha value is -1.90. The second kappa shape index (κ2) is 5.61. The summed E-state index contributed by atoms with van der Waals surface area (Å²) in [6.07, 6.45) is 2.89. The summed E-state index contributed by atoms with van der Waals surface area (Å²) in [6.45, 7) is 10.2. The Morgan fingerprint density at radius 3 is 2.55 bits per heavy atom. The zero-order valence-corrected chi connectivity index (χ0v) is 13.1. The fourth-order valence-electron chi connectivity index (χ4n) is 2.52. The second-order valence-electron chi connectivity index (χ2n) is 5.42. The van der Waals surface area contributed by atoms with E-state index in [0.717, 1.165) is 28.8 Å². The van der Waals surface area contributed by atoms with Gasteiger partial charge in [0.05, 0.1) is 11.2 Å². The second-order valence-corrected chi connectivity index (χ2v) is 5.42. The summed E-state index contributed by atoms with van der Waals surface area (Å²) >= 11 is 0. The number of benzene rings is 1. The number of anilines is 1. The van der Waals surface area contributed by atoms with Gasteiger partial charge in [-0.3, -0.25) is 0 Å². The Morgan fingerprint density at radius 1 is 1.30 bits per heavy atom. The van der Waals surface area contributed by atoms with Crippen LogP contribution in [0.5, 0.6) is 0 Å². The molecule has 3 heteroatoms. The summed E-state index contributed by atoms with van der Waals surface area (Å²) in [7, 11) is 4.14. The van der Waals surface area contributed by atoms with E-state index in [2.05, 4.69) is 61.5 Å². The summed E-state index contributed by atoms with van der Waals surface area (Å²) in [4.78, 5) is 11.3. The van der Waals surface area contributed by atoms with E-state index >= 15 is 0 Å². The lowest BCUT2D eigenvalue weighted by Crippen LogP contribution is -2.13. The molecule has 0 aliphatic carbocycles. The van der Waals surface area contributed by atoms with Crippen LogP contribution in [0.15, 0.2) is 24.8 Å². The summed E-state index contributed by atoms with van der Waals surface area (Å²) < 4.78 is 0. The van der Waals surface area contributed by atoms with Crippen molar-refractivity contribution in [1.29, 1.82) is 0 Å². The number of aromatic nitrogens is 2. The molecule has 2 aromatic rings. The third-order valence-electron chi connectivity index (χ3n) is 3.70. The van der Waals surface area contributed by atoms with Gasteiger partial charge >= 0.3 is 0 Å². The highest BCUT2D eigenvalue weighted by Crippen LogP contribution is 2.32. The van der Waals surface area contributed by atoms with E-state index in [4.69, 9.17) is 0 Å². The number of rotatable bonds is 4. The summed E-state index contributed by atoms with van der Waals surface area (Å²) in [6, 6.07) is 4.40. The molecule has 3 nitrogen and oxygen atoms in total. The van der Waals surface area contributed by atoms with Crippen LogP contribution in [0.4, 0.5) is 5.69 Å². The van der Waals surface area contributed by atoms with E-state index in [1.807, 2.05) is 13.0 Å². The molecule has 0 aliphatic rings. The highest BCUT2D eigenvalue weighted by molar-refractivity contribution is 5.86. The minimum Gasteiger partial charge on any atom is -0.377 e. The van der Waals surface area contributed by atoms with Gasteiger partial charge in [-0.2, -0.15) is 0 Å². The maximum Gasteiger partial charge on any atom is 0.126 e. The van der Waals surface area contributed by atoms with E-state index in [0.29, 0.717) is 5.92 Å². The Labute approximate surface area is 121 Å². The van der Waals surface area contributed by atoms with Crippen LogP contribution >= 0.6 is 0 Å². The van der Waals surface area contributed by atoms with Crippen LogP contribution in [0, 0.1) is 6.92 Å². The van der Waals surface area contributed by atoms with Gasteiger partial charge in [0.1, 0.15) is 5.82 Å². The molecule has 1 atom stereocenters. The van der Waals surface area contributed by atoms with Gasteiger partial charge < -0.3 is 4.90 Å². The monoisotopic (exact) mass is 269 g/mol. The quantitative estimate of drug-likeness (QED) is 0.789. The zero-order valence-electron chi connectivity index (χ0n) is 13.1. The number of aryl methyl sites for hydroxylation is 2. The fourth-order valence-corrected chi connectivity index (χ4v) is 2.52. The van der Waals surface area contributed by atoms with Gasteiger partial charge in [-0.05, 0) is 31.0 Å². The molecule has 0 amide bonds. The molecule has 0 spiro atoms. The van der Waals surface area contributed by atoms with E-state index in [1.165, 1.54) is 11.3 Å². The summed E-state index contributed by atoms with van der Waals surface area (Å²) in [5.74, 6) is 1.14. The lowest BCUT2D eigenvalue weighted by atomic mass is 9.96. The molecule has 2 rings (SSSR count). The number of nitrogens with zero attached hydrogens (tertiary/aromatic N) is 3. The van der Waals surface area contributed by atoms with Crippen LogP contribution in [-0.2, 0) is 6.42 Å². The lowest BCUT2D eigenvalue weighted by molar-refractivity contribution is 0.945. The molecule has 1 aromatic heterocycles. The van der Waals surface area contributed by atoms with Crippen LogP contribution in [0.1, 0.15) is 36.8 Å². The first kappa shape index (κ1) is 14.5. The number of allylic oxidation sites excluding steroid dienone is 1. The van der Waals surface area contributed by atoms with Gasteiger partial charge in [-0.25, -0.2) is 9.97 Å². The first-order chi connectivity index (χ1) is 9.47. The van der Waals surface area contributed by atoms with Crippen molar-refractivity contribution in [3.05, 3.63) is 41.9 Å². The van der Waals surface area contributed by atoms with E-state index in [9.17, 15) is 0 Å². The van der Waals surface area contributed by atoms with Crippen LogP contribution < -0.4 is 4.90 Å². The van der Waals surface area contributed by atoms with Gasteiger partial charge in [0, 0.05) is 31.1 Å². The Bertz CT molecular complexity index is 644. The van der Waals surface area contributed by atoms with Gasteiger partial charge in [0.25, 0.3) is 0 Å². The van der Waals surface area contributed by atoms with Gasteiger partial charge in [0.15, 0.2) is 0 Å². The van der Waals surface area contributed by atoms with Crippen molar-refractivity contribution in [2.75, 3.05) is 19.0 Å². The smallest absolute Gasteiger partial charge is 0.126 e. The third kappa shape index (κ3) is 2.53. The summed E-state index contributed by atoms with van der Waals surface area (Å²) in [5.41, 5.74) is 4.63. The Morgan fingerprint density at radius 2 is 2.00 bits per heavy atom. The molecule has 1 unspecified atom stereocenters. The largest absolute Gasteiger partial charge is 0.377 e. The highest BCUT2D eigenvalue weighted by Gasteiger charge is 2.14. The van der Waals surface area contributed by atoms with Crippen LogP contribution in [0.3, 0.4) is 0 Å². The number of hydrogen-bond acceptors (Lipinski definition) is 3. The van der Waals surface area contributed by atoms with Crippen molar-refractivity contribution in [3.8, 4) is 0 Å². The zero-order chi connectivity index (χ0) is 14.9. The molecule has 0 aliphatic heterocycles. The van der Waals surface area contributed by atoms with E-state index in [-0.39, 0.29) is 0 Å². The van der Waals surface area contributed by atoms with Gasteiger partial charge in [-0.15, -0.1) is 6.58 Å². The molecular weight excluding hydrogens is 246 g/mol. The molecule has 106 valence electrons. The van der Waals surface area contributed by atoms with Crippen LogP contribution in [0.2, 0.25) is 0 Å². The molecule has 0 radical (unpaired) electrons. The van der Waals surface area contributed by atoms with Crippen molar-refractivity contribution in [2.45, 2.75) is 33.1 Å². The molecule has 1 aromatic carbocycles. The van der Waals surface area contributed by atoms with Crippen LogP contribution in [0.25, 0.3) is 10.9 Å². The highest BCUT2D eigenvalue weighted by atomic mass is 15.1. The maximum atomic E-state index is 4.60. The number of fused-ring (bicyclic) bond motifs is 1. The molecule has 0 fully saturated rings. The van der Waals surface area contributed by atoms with Gasteiger partial charge in [0.2, 0.25) is 0 Å². The Kier molecular flexibility index (Phi) is 4.07. The average Bonchev–Trinajstić information content (AvgIpc) is 2.43. The van der Waals surface area contributed by atoms with E-state index in [1.54, 1.807) is 0 Å². The first-order valence-electron chi connectivity index (χ1n) is 7.09. The van der Waals surface area contributed by atoms with Crippen molar-refractivity contribution in [3.63, 3.8) is 0 Å².